The van der Waals surface area contributed by atoms with Crippen molar-refractivity contribution in [2.24, 2.45) is 0 Å². The van der Waals surface area contributed by atoms with Crippen LogP contribution in [0.4, 0.5) is 13.2 Å². The molecule has 1 aliphatic carbocycles. The molecule has 1 N–H and O–H groups in total. The van der Waals surface area contributed by atoms with Crippen molar-refractivity contribution in [3.8, 4) is 0 Å². The number of hydrogen-bond donors (Lipinski definition) is 1. The Morgan fingerprint density at radius 1 is 0.889 bits per heavy atom. The van der Waals surface area contributed by atoms with Crippen LogP contribution in [0.5, 0.6) is 0 Å². The number of halogens is 4. The van der Waals surface area contributed by atoms with Gasteiger partial charge < -0.3 is 0 Å². The Balaban J connectivity index is 1.77. The summed E-state index contributed by atoms with van der Waals surface area (Å²) in [6.07, 6.45) is 1.31. The van der Waals surface area contributed by atoms with Gasteiger partial charge in [-0.05, 0) is 66.4 Å². The first-order chi connectivity index (χ1) is 16.6. The highest BCUT2D eigenvalue weighted by molar-refractivity contribution is 7.94. The number of rotatable bonds is 6. The van der Waals surface area contributed by atoms with Crippen LogP contribution in [0.1, 0.15) is 23.6 Å². The fourth-order valence-corrected chi connectivity index (χ4v) is 8.11. The van der Waals surface area contributed by atoms with E-state index in [-0.39, 0.29) is 28.3 Å². The Morgan fingerprint density at radius 3 is 2.25 bits per heavy atom. The SMILES string of the molecule is O=S(=O)(c1ccc2c(c1)CCC2NS(=O)(=O)C(F)(F)F)c1ccc(Cl)cc1S(=O)(=O)c1ccccn1. The highest BCUT2D eigenvalue weighted by Gasteiger charge is 2.47. The van der Waals surface area contributed by atoms with Gasteiger partial charge in [0, 0.05) is 17.3 Å². The molecule has 4 rings (SSSR count). The van der Waals surface area contributed by atoms with Gasteiger partial charge >= 0.3 is 15.5 Å². The van der Waals surface area contributed by atoms with Gasteiger partial charge in [0.15, 0.2) is 5.03 Å². The van der Waals surface area contributed by atoms with Crippen molar-refractivity contribution >= 4 is 41.3 Å². The average Bonchev–Trinajstić information content (AvgIpc) is 3.20. The standard InChI is InChI=1S/C21H16ClF3N2O6S3/c22-14-5-9-18(19(12-14)35(30,31)20-3-1-2-10-26-20)34(28,29)15-6-7-16-13(11-15)4-8-17(16)27-36(32,33)21(23,24)25/h1-3,5-7,9-12,17,27H,4,8H2. The molecule has 1 atom stereocenters. The Labute approximate surface area is 210 Å². The fourth-order valence-electron chi connectivity index (χ4n) is 3.80. The maximum absolute atomic E-state index is 13.5. The summed E-state index contributed by atoms with van der Waals surface area (Å²) in [5.41, 5.74) is -4.99. The number of nitrogens with one attached hydrogen (secondary N) is 1. The Bertz CT molecular complexity index is 1660. The van der Waals surface area contributed by atoms with Crippen LogP contribution in [0.3, 0.4) is 0 Å². The summed E-state index contributed by atoms with van der Waals surface area (Å²) < 4.78 is 116. The fraction of sp³-hybridized carbons (Fsp3) is 0.190. The van der Waals surface area contributed by atoms with Crippen LogP contribution in [0, 0.1) is 0 Å². The molecule has 0 spiro atoms. The largest absolute Gasteiger partial charge is 0.511 e. The summed E-state index contributed by atoms with van der Waals surface area (Å²) in [6.45, 7) is 0. The maximum atomic E-state index is 13.5. The molecule has 15 heteroatoms. The molecule has 3 aromatic rings. The first-order valence-corrected chi connectivity index (χ1v) is 14.9. The molecular formula is C21H16ClF3N2O6S3. The van der Waals surface area contributed by atoms with Crippen LogP contribution in [-0.2, 0) is 36.1 Å². The van der Waals surface area contributed by atoms with Crippen molar-refractivity contribution in [1.82, 2.24) is 9.71 Å². The molecule has 0 radical (unpaired) electrons. The summed E-state index contributed by atoms with van der Waals surface area (Å²) in [4.78, 5) is 2.32. The van der Waals surface area contributed by atoms with E-state index in [4.69, 9.17) is 11.6 Å². The topological polar surface area (TPSA) is 127 Å². The molecule has 8 nitrogen and oxygen atoms in total. The number of nitrogens with zero attached hydrogens (tertiary/aromatic N) is 1. The van der Waals surface area contributed by atoms with E-state index in [1.54, 1.807) is 4.72 Å². The van der Waals surface area contributed by atoms with E-state index in [0.717, 1.165) is 18.2 Å². The molecule has 0 bridgehead atoms. The Morgan fingerprint density at radius 2 is 1.61 bits per heavy atom. The van der Waals surface area contributed by atoms with E-state index in [1.807, 2.05) is 0 Å². The molecule has 1 unspecified atom stereocenters. The lowest BCUT2D eigenvalue weighted by atomic mass is 10.1. The molecule has 0 aliphatic heterocycles. The lowest BCUT2D eigenvalue weighted by molar-refractivity contribution is -0.0451. The maximum Gasteiger partial charge on any atom is 0.511 e. The summed E-state index contributed by atoms with van der Waals surface area (Å²) in [5.74, 6) is 0. The first-order valence-electron chi connectivity index (χ1n) is 10.1. The van der Waals surface area contributed by atoms with E-state index in [1.165, 1.54) is 42.6 Å². The van der Waals surface area contributed by atoms with Gasteiger partial charge in [0.1, 0.15) is 0 Å². The molecule has 0 saturated carbocycles. The van der Waals surface area contributed by atoms with Crippen LogP contribution in [0.25, 0.3) is 0 Å². The number of sulfone groups is 2. The third-order valence-corrected chi connectivity index (χ3v) is 10.6. The molecule has 36 heavy (non-hydrogen) atoms. The first kappa shape index (κ1) is 26.5. The second kappa shape index (κ2) is 9.10. The zero-order chi connectivity index (χ0) is 26.5. The molecule has 0 fully saturated rings. The summed E-state index contributed by atoms with van der Waals surface area (Å²) in [5, 5.41) is -0.422. The van der Waals surface area contributed by atoms with Gasteiger partial charge in [0.05, 0.1) is 14.7 Å². The molecule has 192 valence electrons. The number of hydrogen-bond acceptors (Lipinski definition) is 7. The average molecular weight is 581 g/mol. The van der Waals surface area contributed by atoms with Crippen molar-refractivity contribution in [3.05, 3.63) is 76.9 Å². The number of aryl methyl sites for hydroxylation is 1. The Kier molecular flexibility index (Phi) is 6.71. The number of sulfonamides is 1. The van der Waals surface area contributed by atoms with E-state index in [0.29, 0.717) is 5.56 Å². The molecule has 1 heterocycles. The van der Waals surface area contributed by atoms with Gasteiger partial charge in [-0.25, -0.2) is 30.2 Å². The number of benzene rings is 2. The van der Waals surface area contributed by atoms with Crippen molar-refractivity contribution < 1.29 is 38.4 Å². The van der Waals surface area contributed by atoms with Crippen LogP contribution in [0.2, 0.25) is 5.02 Å². The second-order valence-corrected chi connectivity index (χ2v) is 13.7. The minimum absolute atomic E-state index is 0.0194. The Hall–Kier alpha value is -2.52. The quantitative estimate of drug-likeness (QED) is 0.469. The molecular weight excluding hydrogens is 565 g/mol. The second-order valence-electron chi connectivity index (χ2n) is 7.78. The van der Waals surface area contributed by atoms with Crippen molar-refractivity contribution in [3.63, 3.8) is 0 Å². The normalized spacial score (nSPS) is 16.6. The molecule has 0 amide bonds. The highest BCUT2D eigenvalue weighted by atomic mass is 35.5. The van der Waals surface area contributed by atoms with E-state index >= 15 is 0 Å². The van der Waals surface area contributed by atoms with Gasteiger partial charge in [-0.15, -0.1) is 0 Å². The van der Waals surface area contributed by atoms with Gasteiger partial charge in [-0.1, -0.05) is 23.7 Å². The minimum Gasteiger partial charge on any atom is -0.244 e. The number of alkyl halides is 3. The van der Waals surface area contributed by atoms with E-state index in [2.05, 4.69) is 4.98 Å². The van der Waals surface area contributed by atoms with Crippen molar-refractivity contribution in [2.45, 2.75) is 44.1 Å². The number of fused-ring (bicyclic) bond motifs is 1. The monoisotopic (exact) mass is 580 g/mol. The zero-order valence-electron chi connectivity index (χ0n) is 17.9. The van der Waals surface area contributed by atoms with Gasteiger partial charge in [0.25, 0.3) is 0 Å². The lowest BCUT2D eigenvalue weighted by Crippen LogP contribution is -2.38. The van der Waals surface area contributed by atoms with Gasteiger partial charge in [-0.2, -0.15) is 17.9 Å². The summed E-state index contributed by atoms with van der Waals surface area (Å²) >= 11 is 5.97. The van der Waals surface area contributed by atoms with E-state index < -0.39 is 56.1 Å². The van der Waals surface area contributed by atoms with Crippen LogP contribution in [-0.4, -0.2) is 35.7 Å². The summed E-state index contributed by atoms with van der Waals surface area (Å²) in [6, 6.07) is 9.64. The minimum atomic E-state index is -5.61. The van der Waals surface area contributed by atoms with Gasteiger partial charge in [-0.3, -0.25) is 0 Å². The molecule has 0 saturated heterocycles. The molecule has 1 aromatic heterocycles. The van der Waals surface area contributed by atoms with E-state index in [9.17, 15) is 38.4 Å². The lowest BCUT2D eigenvalue weighted by Gasteiger charge is -2.16. The predicted octanol–water partition coefficient (Wildman–Crippen LogP) is 3.83. The third kappa shape index (κ3) is 4.75. The van der Waals surface area contributed by atoms with Crippen LogP contribution in [0.15, 0.2) is 80.5 Å². The zero-order valence-corrected chi connectivity index (χ0v) is 21.1. The number of pyridine rings is 1. The third-order valence-electron chi connectivity index (χ3n) is 5.50. The molecule has 1 aliphatic rings. The van der Waals surface area contributed by atoms with Crippen molar-refractivity contribution in [2.75, 3.05) is 0 Å². The number of aromatic nitrogens is 1. The highest BCUT2D eigenvalue weighted by Crippen LogP contribution is 2.38. The predicted molar refractivity (Wildman–Crippen MR) is 122 cm³/mol. The van der Waals surface area contributed by atoms with Crippen molar-refractivity contribution in [1.29, 1.82) is 0 Å². The molecule has 2 aromatic carbocycles. The smallest absolute Gasteiger partial charge is 0.244 e. The summed E-state index contributed by atoms with van der Waals surface area (Å²) in [7, 11) is -14.5. The van der Waals surface area contributed by atoms with Crippen LogP contribution >= 0.6 is 11.6 Å². The van der Waals surface area contributed by atoms with Gasteiger partial charge in [0.2, 0.25) is 19.7 Å². The van der Waals surface area contributed by atoms with Crippen LogP contribution < -0.4 is 4.72 Å².